The van der Waals surface area contributed by atoms with Gasteiger partial charge >= 0.3 is 7.40 Å². The lowest BCUT2D eigenvalue weighted by atomic mass is 10.1. The lowest BCUT2D eigenvalue weighted by molar-refractivity contribution is 0.00719. The van der Waals surface area contributed by atoms with Crippen molar-refractivity contribution in [3.8, 4) is 0 Å². The van der Waals surface area contributed by atoms with Crippen molar-refractivity contribution in [3.05, 3.63) is 36.0 Å². The number of hydrogen-bond acceptors (Lipinski definition) is 2. The van der Waals surface area contributed by atoms with Crippen molar-refractivity contribution in [2.75, 3.05) is 0 Å². The van der Waals surface area contributed by atoms with Gasteiger partial charge in [-0.05, 0) is 26.8 Å². The molecule has 0 amide bonds. The van der Waals surface area contributed by atoms with E-state index in [0.29, 0.717) is 5.56 Å². The minimum Gasteiger partial charge on any atom is -0.456 e. The van der Waals surface area contributed by atoms with Crippen LogP contribution in [0.1, 0.15) is 32.6 Å². The second-order valence-electron chi connectivity index (χ2n) is 4.75. The maximum Gasteiger partial charge on any atom is 1.00 e. The zero-order valence-corrected chi connectivity index (χ0v) is 9.70. The molecule has 0 aliphatic rings. The van der Waals surface area contributed by atoms with Gasteiger partial charge in [0.05, 0.1) is 5.56 Å². The first-order valence-corrected chi connectivity index (χ1v) is 5.27. The first-order chi connectivity index (χ1) is 7.47. The van der Waals surface area contributed by atoms with Crippen LogP contribution in [0.2, 0.25) is 0 Å². The van der Waals surface area contributed by atoms with Crippen molar-refractivity contribution in [1.29, 1.82) is 0 Å². The van der Waals surface area contributed by atoms with Crippen molar-refractivity contribution in [2.45, 2.75) is 26.4 Å². The number of aromatic amines is 1. The number of esters is 1. The highest BCUT2D eigenvalue weighted by atomic mass is 16.6. The van der Waals surface area contributed by atoms with Crippen LogP contribution in [-0.4, -0.2) is 16.6 Å². The molecule has 84 valence electrons. The topological polar surface area (TPSA) is 42.1 Å². The molecule has 1 aromatic heterocycles. The van der Waals surface area contributed by atoms with Gasteiger partial charge in [-0.1, -0.05) is 18.2 Å². The minimum absolute atomic E-state index is 0. The van der Waals surface area contributed by atoms with Crippen molar-refractivity contribution < 1.29 is 11.0 Å². The average Bonchev–Trinajstić information content (AvgIpc) is 2.58. The highest BCUT2D eigenvalue weighted by molar-refractivity contribution is 6.04. The summed E-state index contributed by atoms with van der Waals surface area (Å²) < 4.78 is 5.33. The van der Waals surface area contributed by atoms with Gasteiger partial charge < -0.3 is 9.72 Å². The molecule has 2 aromatic rings. The molecule has 1 N–H and O–H groups in total. The first-order valence-electron chi connectivity index (χ1n) is 5.27. The monoisotopic (exact) mass is 218 g/mol. The van der Waals surface area contributed by atoms with Crippen LogP contribution < -0.4 is 0 Å². The van der Waals surface area contributed by atoms with E-state index in [1.54, 1.807) is 6.20 Å². The Balaban J connectivity index is 0.00000144. The van der Waals surface area contributed by atoms with Gasteiger partial charge in [-0.25, -0.2) is 4.79 Å². The Morgan fingerprint density at radius 1 is 1.31 bits per heavy atom. The summed E-state index contributed by atoms with van der Waals surface area (Å²) in [6, 6.07) is 7.68. The van der Waals surface area contributed by atoms with Crippen LogP contribution in [0, 0.1) is 0 Å². The highest BCUT2D eigenvalue weighted by Gasteiger charge is 2.20. The van der Waals surface area contributed by atoms with Crippen molar-refractivity contribution in [3.63, 3.8) is 0 Å². The third-order valence-electron chi connectivity index (χ3n) is 2.21. The number of aromatic nitrogens is 1. The number of fused-ring (bicyclic) bond motifs is 1. The number of benzene rings is 1. The Hall–Kier alpha value is -1.77. The molecule has 0 aliphatic heterocycles. The van der Waals surface area contributed by atoms with E-state index in [1.807, 2.05) is 45.0 Å². The van der Waals surface area contributed by atoms with Gasteiger partial charge in [0.2, 0.25) is 0 Å². The van der Waals surface area contributed by atoms with Gasteiger partial charge in [-0.2, -0.15) is 0 Å². The number of nitrogens with one attached hydrogen (secondary N) is 1. The first kappa shape index (κ1) is 10.7. The maximum atomic E-state index is 11.9. The molecule has 0 unspecified atom stereocenters. The summed E-state index contributed by atoms with van der Waals surface area (Å²) in [5.41, 5.74) is 1.07. The summed E-state index contributed by atoms with van der Waals surface area (Å²) in [6.07, 6.45) is 1.69. The third-order valence-corrected chi connectivity index (χ3v) is 2.21. The Labute approximate surface area is 95.9 Å². The van der Waals surface area contributed by atoms with Crippen molar-refractivity contribution in [2.24, 2.45) is 0 Å². The number of H-pyrrole nitrogens is 1. The summed E-state index contributed by atoms with van der Waals surface area (Å²) >= 11 is 0. The molecule has 2 rings (SSSR count). The zero-order chi connectivity index (χ0) is 11.8. The molecule has 0 radical (unpaired) electrons. The lowest BCUT2D eigenvalue weighted by Crippen LogP contribution is -2.23. The molecule has 0 saturated heterocycles. The van der Waals surface area contributed by atoms with Crippen LogP contribution >= 0.6 is 0 Å². The van der Waals surface area contributed by atoms with E-state index >= 15 is 0 Å². The molecule has 1 heterocycles. The quantitative estimate of drug-likeness (QED) is 0.746. The maximum absolute atomic E-state index is 11.9. The van der Waals surface area contributed by atoms with Crippen LogP contribution in [-0.2, 0) is 4.74 Å². The van der Waals surface area contributed by atoms with E-state index in [-0.39, 0.29) is 7.40 Å². The third kappa shape index (κ3) is 2.08. The standard InChI is InChI=1S/C13H15NO2/c1-13(2,3)16-12(15)10-8-14-11-7-5-4-6-9(10)11/h4-8,14H,1-3H3/p+1. The molecular weight excluding hydrogens is 202 g/mol. The van der Waals surface area contributed by atoms with Crippen LogP contribution in [0.3, 0.4) is 0 Å². The SMILES string of the molecule is CC(C)(C)OC(=O)c1c[nH]c2ccccc12.[H+]. The molecule has 3 nitrogen and oxygen atoms in total. The van der Waals surface area contributed by atoms with E-state index in [9.17, 15) is 4.79 Å². The van der Waals surface area contributed by atoms with E-state index in [1.165, 1.54) is 0 Å². The van der Waals surface area contributed by atoms with E-state index < -0.39 is 5.60 Å². The summed E-state index contributed by atoms with van der Waals surface area (Å²) in [6.45, 7) is 5.58. The van der Waals surface area contributed by atoms with Gasteiger partial charge in [-0.3, -0.25) is 0 Å². The number of carbonyl (C=O) groups excluding carboxylic acids is 1. The molecule has 1 aromatic carbocycles. The fourth-order valence-electron chi connectivity index (χ4n) is 1.57. The Kier molecular flexibility index (Phi) is 2.46. The van der Waals surface area contributed by atoms with Gasteiger partial charge in [0.1, 0.15) is 5.60 Å². The molecule has 3 heteroatoms. The molecule has 16 heavy (non-hydrogen) atoms. The van der Waals surface area contributed by atoms with E-state index in [0.717, 1.165) is 10.9 Å². The number of rotatable bonds is 1. The van der Waals surface area contributed by atoms with Crippen LogP contribution in [0.5, 0.6) is 0 Å². The Morgan fingerprint density at radius 3 is 2.69 bits per heavy atom. The van der Waals surface area contributed by atoms with Crippen LogP contribution in [0.4, 0.5) is 0 Å². The molecule has 0 atom stereocenters. The summed E-state index contributed by atoms with van der Waals surface area (Å²) in [5, 5.41) is 0.900. The number of hydrogen-bond donors (Lipinski definition) is 1. The van der Waals surface area contributed by atoms with Crippen molar-refractivity contribution in [1.82, 2.24) is 4.98 Å². The molecular formula is C13H16NO2+. The fraction of sp³-hybridized carbons (Fsp3) is 0.308. The molecule has 0 fully saturated rings. The molecule has 0 saturated carbocycles. The smallest absolute Gasteiger partial charge is 0.456 e. The number of para-hydroxylation sites is 1. The summed E-state index contributed by atoms with van der Waals surface area (Å²) in [7, 11) is 0. The summed E-state index contributed by atoms with van der Waals surface area (Å²) in [4.78, 5) is 14.9. The van der Waals surface area contributed by atoms with Gasteiger partial charge in [-0.15, -0.1) is 0 Å². The normalized spacial score (nSPS) is 11.7. The van der Waals surface area contributed by atoms with Gasteiger partial charge in [0.25, 0.3) is 0 Å². The predicted molar refractivity (Wildman–Crippen MR) is 64.6 cm³/mol. The average molecular weight is 218 g/mol. The van der Waals surface area contributed by atoms with Crippen molar-refractivity contribution >= 4 is 16.9 Å². The molecule has 0 spiro atoms. The number of carbonyl (C=O) groups is 1. The summed E-state index contributed by atoms with van der Waals surface area (Å²) in [5.74, 6) is -0.287. The Morgan fingerprint density at radius 2 is 2.00 bits per heavy atom. The fourth-order valence-corrected chi connectivity index (χ4v) is 1.57. The largest absolute Gasteiger partial charge is 1.00 e. The van der Waals surface area contributed by atoms with Gasteiger partial charge in [0, 0.05) is 17.1 Å². The molecule has 0 aliphatic carbocycles. The second-order valence-corrected chi connectivity index (χ2v) is 4.75. The van der Waals surface area contributed by atoms with Gasteiger partial charge in [0.15, 0.2) is 0 Å². The Bertz CT molecular complexity index is 525. The zero-order valence-electron chi connectivity index (χ0n) is 10.7. The molecule has 0 bridgehead atoms. The van der Waals surface area contributed by atoms with Crippen LogP contribution in [0.15, 0.2) is 30.5 Å². The lowest BCUT2D eigenvalue weighted by Gasteiger charge is -2.19. The number of ether oxygens (including phenoxy) is 1. The highest BCUT2D eigenvalue weighted by Crippen LogP contribution is 2.20. The van der Waals surface area contributed by atoms with E-state index in [4.69, 9.17) is 4.74 Å². The second kappa shape index (κ2) is 3.67. The predicted octanol–water partition coefficient (Wildman–Crippen LogP) is 3.24. The minimum atomic E-state index is -0.463. The van der Waals surface area contributed by atoms with Crippen LogP contribution in [0.25, 0.3) is 10.9 Å². The van der Waals surface area contributed by atoms with E-state index in [2.05, 4.69) is 4.98 Å².